The average molecular weight is 353 g/mol. The van der Waals surface area contributed by atoms with Crippen LogP contribution < -0.4 is 10.2 Å². The van der Waals surface area contributed by atoms with Crippen LogP contribution in [0.3, 0.4) is 0 Å². The number of piperidine rings is 1. The molecular formula is C20H27N5O. The molecule has 2 heterocycles. The third kappa shape index (κ3) is 4.71. The summed E-state index contributed by atoms with van der Waals surface area (Å²) in [6.45, 7) is 2.53. The van der Waals surface area contributed by atoms with E-state index in [0.29, 0.717) is 24.8 Å². The Morgan fingerprint density at radius 1 is 1.23 bits per heavy atom. The Morgan fingerprint density at radius 3 is 2.65 bits per heavy atom. The quantitative estimate of drug-likeness (QED) is 0.865. The lowest BCUT2D eigenvalue weighted by atomic mass is 9.93. The zero-order valence-electron chi connectivity index (χ0n) is 15.6. The van der Waals surface area contributed by atoms with E-state index < -0.39 is 0 Å². The first-order chi connectivity index (χ1) is 12.7. The second-order valence-electron chi connectivity index (χ2n) is 6.86. The number of rotatable bonds is 6. The summed E-state index contributed by atoms with van der Waals surface area (Å²) in [6.07, 6.45) is 4.44. The van der Waals surface area contributed by atoms with Crippen LogP contribution in [0.5, 0.6) is 0 Å². The Labute approximate surface area is 155 Å². The van der Waals surface area contributed by atoms with E-state index in [1.807, 2.05) is 43.3 Å². The minimum absolute atomic E-state index is 0.229. The molecule has 0 saturated carbocycles. The van der Waals surface area contributed by atoms with Crippen molar-refractivity contribution >= 4 is 17.7 Å². The van der Waals surface area contributed by atoms with E-state index in [0.717, 1.165) is 31.7 Å². The highest BCUT2D eigenvalue weighted by Gasteiger charge is 2.23. The second-order valence-corrected chi connectivity index (χ2v) is 6.86. The maximum atomic E-state index is 12.5. The third-order valence-electron chi connectivity index (χ3n) is 4.95. The SMILES string of the molecule is CNc1nccc(N2CCC(CC(=O)N(C)Cc3ccccc3)CC2)n1. The molecule has 1 aromatic heterocycles. The van der Waals surface area contributed by atoms with Crippen molar-refractivity contribution in [1.82, 2.24) is 14.9 Å². The monoisotopic (exact) mass is 353 g/mol. The molecule has 0 unspecified atom stereocenters. The number of nitrogens with zero attached hydrogens (tertiary/aromatic N) is 4. The van der Waals surface area contributed by atoms with Gasteiger partial charge in [-0.05, 0) is 30.4 Å². The minimum Gasteiger partial charge on any atom is -0.357 e. The Kier molecular flexibility index (Phi) is 6.04. The summed E-state index contributed by atoms with van der Waals surface area (Å²) >= 11 is 0. The number of nitrogens with one attached hydrogen (secondary N) is 1. The summed E-state index contributed by atoms with van der Waals surface area (Å²) in [7, 11) is 3.72. The van der Waals surface area contributed by atoms with Crippen molar-refractivity contribution in [2.75, 3.05) is 37.4 Å². The van der Waals surface area contributed by atoms with Crippen molar-refractivity contribution in [3.05, 3.63) is 48.2 Å². The molecule has 6 nitrogen and oxygen atoms in total. The van der Waals surface area contributed by atoms with Crippen molar-refractivity contribution < 1.29 is 4.79 Å². The summed E-state index contributed by atoms with van der Waals surface area (Å²) < 4.78 is 0. The first-order valence-electron chi connectivity index (χ1n) is 9.19. The number of hydrogen-bond acceptors (Lipinski definition) is 5. The molecule has 0 atom stereocenters. The fourth-order valence-corrected chi connectivity index (χ4v) is 3.36. The van der Waals surface area contributed by atoms with Gasteiger partial charge in [-0.1, -0.05) is 30.3 Å². The molecular weight excluding hydrogens is 326 g/mol. The number of benzene rings is 1. The fraction of sp³-hybridized carbons (Fsp3) is 0.450. The molecule has 1 aliphatic rings. The van der Waals surface area contributed by atoms with Crippen LogP contribution in [-0.4, -0.2) is 48.0 Å². The number of carbonyl (C=O) groups excluding carboxylic acids is 1. The maximum Gasteiger partial charge on any atom is 0.224 e. The van der Waals surface area contributed by atoms with Crippen LogP contribution in [0, 0.1) is 5.92 Å². The van der Waals surface area contributed by atoms with Crippen LogP contribution in [0.1, 0.15) is 24.8 Å². The summed E-state index contributed by atoms with van der Waals surface area (Å²) in [6, 6.07) is 12.1. The molecule has 1 saturated heterocycles. The van der Waals surface area contributed by atoms with Crippen LogP contribution in [0.4, 0.5) is 11.8 Å². The van der Waals surface area contributed by atoms with E-state index in [-0.39, 0.29) is 5.91 Å². The molecule has 1 aliphatic heterocycles. The molecule has 1 aromatic carbocycles. The molecule has 6 heteroatoms. The lowest BCUT2D eigenvalue weighted by Crippen LogP contribution is -2.36. The third-order valence-corrected chi connectivity index (χ3v) is 4.95. The second kappa shape index (κ2) is 8.65. The molecule has 0 aliphatic carbocycles. The average Bonchev–Trinajstić information content (AvgIpc) is 2.69. The van der Waals surface area contributed by atoms with Crippen molar-refractivity contribution in [3.8, 4) is 0 Å². The van der Waals surface area contributed by atoms with Crippen molar-refractivity contribution in [3.63, 3.8) is 0 Å². The normalized spacial score (nSPS) is 14.9. The minimum atomic E-state index is 0.229. The number of anilines is 2. The number of aromatic nitrogens is 2. The Hall–Kier alpha value is -2.63. The van der Waals surface area contributed by atoms with Gasteiger partial charge in [-0.2, -0.15) is 4.98 Å². The van der Waals surface area contributed by atoms with E-state index >= 15 is 0 Å². The van der Waals surface area contributed by atoms with Gasteiger partial charge in [0.2, 0.25) is 11.9 Å². The molecule has 0 bridgehead atoms. The predicted octanol–water partition coefficient (Wildman–Crippen LogP) is 2.78. The van der Waals surface area contributed by atoms with Gasteiger partial charge in [0, 0.05) is 46.3 Å². The predicted molar refractivity (Wildman–Crippen MR) is 104 cm³/mol. The topological polar surface area (TPSA) is 61.4 Å². The molecule has 138 valence electrons. The van der Waals surface area contributed by atoms with Crippen LogP contribution in [-0.2, 0) is 11.3 Å². The van der Waals surface area contributed by atoms with E-state index in [4.69, 9.17) is 0 Å². The van der Waals surface area contributed by atoms with Crippen molar-refractivity contribution in [1.29, 1.82) is 0 Å². The molecule has 2 aromatic rings. The summed E-state index contributed by atoms with van der Waals surface area (Å²) in [4.78, 5) is 25.3. The van der Waals surface area contributed by atoms with Crippen molar-refractivity contribution in [2.45, 2.75) is 25.8 Å². The smallest absolute Gasteiger partial charge is 0.224 e. The van der Waals surface area contributed by atoms with Crippen LogP contribution in [0.15, 0.2) is 42.6 Å². The Balaban J connectivity index is 1.48. The van der Waals surface area contributed by atoms with Crippen molar-refractivity contribution in [2.24, 2.45) is 5.92 Å². The van der Waals surface area contributed by atoms with Gasteiger partial charge in [0.15, 0.2) is 0 Å². The largest absolute Gasteiger partial charge is 0.357 e. The first kappa shape index (κ1) is 18.2. The Bertz CT molecular complexity index is 713. The molecule has 3 rings (SSSR count). The standard InChI is InChI=1S/C20H27N5O/c1-21-20-22-11-8-18(23-20)25-12-9-16(10-13-25)14-19(26)24(2)15-17-6-4-3-5-7-17/h3-8,11,16H,9-10,12-15H2,1-2H3,(H,21,22,23). The lowest BCUT2D eigenvalue weighted by molar-refractivity contribution is -0.131. The van der Waals surface area contributed by atoms with Gasteiger partial charge in [0.1, 0.15) is 5.82 Å². The Morgan fingerprint density at radius 2 is 1.96 bits per heavy atom. The summed E-state index contributed by atoms with van der Waals surface area (Å²) in [5, 5.41) is 2.97. The lowest BCUT2D eigenvalue weighted by Gasteiger charge is -2.33. The van der Waals surface area contributed by atoms with Gasteiger partial charge < -0.3 is 15.1 Å². The molecule has 26 heavy (non-hydrogen) atoms. The van der Waals surface area contributed by atoms with Gasteiger partial charge in [-0.3, -0.25) is 4.79 Å². The van der Waals surface area contributed by atoms with Gasteiger partial charge in [0.05, 0.1) is 0 Å². The number of amides is 1. The summed E-state index contributed by atoms with van der Waals surface area (Å²) in [5.41, 5.74) is 1.17. The van der Waals surface area contributed by atoms with E-state index in [1.54, 1.807) is 6.20 Å². The molecule has 1 N–H and O–H groups in total. The van der Waals surface area contributed by atoms with E-state index in [1.165, 1.54) is 5.56 Å². The first-order valence-corrected chi connectivity index (χ1v) is 9.19. The van der Waals surface area contributed by atoms with Gasteiger partial charge >= 0.3 is 0 Å². The zero-order valence-corrected chi connectivity index (χ0v) is 15.6. The van der Waals surface area contributed by atoms with E-state index in [2.05, 4.69) is 32.3 Å². The zero-order chi connectivity index (χ0) is 18.4. The van der Waals surface area contributed by atoms with Gasteiger partial charge in [0.25, 0.3) is 0 Å². The fourth-order valence-electron chi connectivity index (χ4n) is 3.36. The molecule has 1 amide bonds. The molecule has 0 radical (unpaired) electrons. The van der Waals surface area contributed by atoms with Crippen LogP contribution >= 0.6 is 0 Å². The molecule has 0 spiro atoms. The summed E-state index contributed by atoms with van der Waals surface area (Å²) in [5.74, 6) is 2.27. The van der Waals surface area contributed by atoms with E-state index in [9.17, 15) is 4.79 Å². The molecule has 1 fully saturated rings. The highest BCUT2D eigenvalue weighted by Crippen LogP contribution is 2.25. The van der Waals surface area contributed by atoms with Gasteiger partial charge in [-0.25, -0.2) is 4.98 Å². The van der Waals surface area contributed by atoms with Crippen LogP contribution in [0.25, 0.3) is 0 Å². The van der Waals surface area contributed by atoms with Gasteiger partial charge in [-0.15, -0.1) is 0 Å². The highest BCUT2D eigenvalue weighted by atomic mass is 16.2. The highest BCUT2D eigenvalue weighted by molar-refractivity contribution is 5.76. The van der Waals surface area contributed by atoms with Crippen LogP contribution in [0.2, 0.25) is 0 Å². The maximum absolute atomic E-state index is 12.5. The number of hydrogen-bond donors (Lipinski definition) is 1. The number of carbonyl (C=O) groups is 1.